The molecule has 0 radical (unpaired) electrons. The molecular weight excluding hydrogens is 280 g/mol. The van der Waals surface area contributed by atoms with E-state index in [1.54, 1.807) is 11.9 Å². The number of nitro groups is 1. The van der Waals surface area contributed by atoms with Gasteiger partial charge in [0.2, 0.25) is 11.0 Å². The molecule has 0 N–H and O–H groups in total. The Morgan fingerprint density at radius 1 is 1.30 bits per heavy atom. The Labute approximate surface area is 121 Å². The number of halogens is 1. The number of hydrogen-bond donors (Lipinski definition) is 0. The number of rotatable bonds is 5. The maximum atomic E-state index is 11.0. The molecule has 0 atom stereocenters. The second-order valence-corrected chi connectivity index (χ2v) is 4.61. The van der Waals surface area contributed by atoms with E-state index in [1.807, 2.05) is 30.3 Å². The number of anilines is 1. The fourth-order valence-corrected chi connectivity index (χ4v) is 2.03. The fourth-order valence-electron chi connectivity index (χ4n) is 1.83. The Morgan fingerprint density at radius 2 is 2.00 bits per heavy atom. The Balaban J connectivity index is 2.15. The average molecular weight is 293 g/mol. The zero-order valence-electron chi connectivity index (χ0n) is 10.9. The summed E-state index contributed by atoms with van der Waals surface area (Å²) in [6, 6.07) is 9.88. The minimum absolute atomic E-state index is 0.147. The van der Waals surface area contributed by atoms with E-state index in [-0.39, 0.29) is 16.7 Å². The van der Waals surface area contributed by atoms with Crippen LogP contribution >= 0.6 is 11.6 Å². The van der Waals surface area contributed by atoms with Gasteiger partial charge in [0.25, 0.3) is 0 Å². The molecule has 0 amide bonds. The predicted molar refractivity (Wildman–Crippen MR) is 77.1 cm³/mol. The molecule has 7 heteroatoms. The Bertz CT molecular complexity index is 607. The van der Waals surface area contributed by atoms with Crippen molar-refractivity contribution in [3.8, 4) is 0 Å². The highest BCUT2D eigenvalue weighted by atomic mass is 35.5. The monoisotopic (exact) mass is 292 g/mol. The molecule has 20 heavy (non-hydrogen) atoms. The molecule has 1 heterocycles. The zero-order chi connectivity index (χ0) is 14.5. The van der Waals surface area contributed by atoms with E-state index in [4.69, 9.17) is 11.6 Å². The standard InChI is InChI=1S/C13H13ClN4O2/c1-17(8-7-10-5-3-2-4-6-10)13-11(18(19)20)12(14)15-9-16-13/h2-6,9H,7-8H2,1H3. The van der Waals surface area contributed by atoms with Gasteiger partial charge in [-0.05, 0) is 12.0 Å². The first kappa shape index (κ1) is 14.2. The van der Waals surface area contributed by atoms with E-state index in [1.165, 1.54) is 6.33 Å². The number of nitrogens with zero attached hydrogens (tertiary/aromatic N) is 4. The molecule has 6 nitrogen and oxygen atoms in total. The summed E-state index contributed by atoms with van der Waals surface area (Å²) < 4.78 is 0. The van der Waals surface area contributed by atoms with Gasteiger partial charge < -0.3 is 4.90 Å². The topological polar surface area (TPSA) is 72.2 Å². The van der Waals surface area contributed by atoms with E-state index in [0.717, 1.165) is 12.0 Å². The van der Waals surface area contributed by atoms with Gasteiger partial charge in [-0.25, -0.2) is 9.97 Å². The number of hydrogen-bond acceptors (Lipinski definition) is 5. The third-order valence-electron chi connectivity index (χ3n) is 2.88. The van der Waals surface area contributed by atoms with Gasteiger partial charge in [-0.1, -0.05) is 41.9 Å². The largest absolute Gasteiger partial charge is 0.353 e. The van der Waals surface area contributed by atoms with Crippen molar-refractivity contribution in [2.45, 2.75) is 6.42 Å². The first-order valence-electron chi connectivity index (χ1n) is 5.99. The fraction of sp³-hybridized carbons (Fsp3) is 0.231. The second kappa shape index (κ2) is 6.29. The lowest BCUT2D eigenvalue weighted by Gasteiger charge is -2.17. The van der Waals surface area contributed by atoms with E-state index in [2.05, 4.69) is 9.97 Å². The number of benzene rings is 1. The average Bonchev–Trinajstić information content (AvgIpc) is 2.45. The van der Waals surface area contributed by atoms with Crippen LogP contribution in [0.25, 0.3) is 0 Å². The van der Waals surface area contributed by atoms with E-state index >= 15 is 0 Å². The second-order valence-electron chi connectivity index (χ2n) is 4.25. The highest BCUT2D eigenvalue weighted by molar-refractivity contribution is 6.31. The lowest BCUT2D eigenvalue weighted by Crippen LogP contribution is -2.22. The molecule has 1 aromatic carbocycles. The van der Waals surface area contributed by atoms with Crippen molar-refractivity contribution in [1.82, 2.24) is 9.97 Å². The van der Waals surface area contributed by atoms with Crippen LogP contribution in [0.1, 0.15) is 5.56 Å². The molecule has 0 saturated carbocycles. The Hall–Kier alpha value is -2.21. The molecule has 2 rings (SSSR count). The summed E-state index contributed by atoms with van der Waals surface area (Å²) in [7, 11) is 1.74. The highest BCUT2D eigenvalue weighted by Crippen LogP contribution is 2.30. The summed E-state index contributed by atoms with van der Waals surface area (Å²) >= 11 is 5.77. The van der Waals surface area contributed by atoms with Crippen LogP contribution in [-0.2, 0) is 6.42 Å². The molecule has 0 saturated heterocycles. The molecule has 1 aromatic heterocycles. The summed E-state index contributed by atoms with van der Waals surface area (Å²) in [6.07, 6.45) is 1.99. The number of likely N-dealkylation sites (N-methyl/N-ethyl adjacent to an activating group) is 1. The lowest BCUT2D eigenvalue weighted by molar-refractivity contribution is -0.384. The molecule has 0 aliphatic rings. The van der Waals surface area contributed by atoms with Gasteiger partial charge in [0.1, 0.15) is 6.33 Å². The van der Waals surface area contributed by atoms with Gasteiger partial charge >= 0.3 is 5.69 Å². The van der Waals surface area contributed by atoms with Gasteiger partial charge in [-0.3, -0.25) is 10.1 Å². The van der Waals surface area contributed by atoms with Crippen LogP contribution < -0.4 is 4.90 Å². The lowest BCUT2D eigenvalue weighted by atomic mass is 10.1. The van der Waals surface area contributed by atoms with Crippen molar-refractivity contribution in [3.05, 3.63) is 57.5 Å². The first-order valence-corrected chi connectivity index (χ1v) is 6.37. The van der Waals surface area contributed by atoms with Crippen molar-refractivity contribution < 1.29 is 4.92 Å². The van der Waals surface area contributed by atoms with Crippen molar-refractivity contribution >= 4 is 23.1 Å². The Kier molecular flexibility index (Phi) is 4.47. The molecule has 0 fully saturated rings. The molecule has 0 spiro atoms. The highest BCUT2D eigenvalue weighted by Gasteiger charge is 2.23. The van der Waals surface area contributed by atoms with Crippen molar-refractivity contribution in [3.63, 3.8) is 0 Å². The maximum absolute atomic E-state index is 11.0. The Morgan fingerprint density at radius 3 is 2.65 bits per heavy atom. The summed E-state index contributed by atoms with van der Waals surface area (Å²) in [5.41, 5.74) is 0.895. The third kappa shape index (κ3) is 3.21. The van der Waals surface area contributed by atoms with Crippen LogP contribution in [0.2, 0.25) is 5.15 Å². The summed E-state index contributed by atoms with van der Waals surface area (Å²) in [5.74, 6) is 0.228. The first-order chi connectivity index (χ1) is 9.59. The van der Waals surface area contributed by atoms with Crippen molar-refractivity contribution in [2.24, 2.45) is 0 Å². The van der Waals surface area contributed by atoms with Crippen molar-refractivity contribution in [1.29, 1.82) is 0 Å². The molecule has 2 aromatic rings. The van der Waals surface area contributed by atoms with E-state index < -0.39 is 4.92 Å². The summed E-state index contributed by atoms with van der Waals surface area (Å²) in [6.45, 7) is 0.595. The summed E-state index contributed by atoms with van der Waals surface area (Å²) in [5, 5.41) is 10.9. The molecule has 0 aliphatic heterocycles. The SMILES string of the molecule is CN(CCc1ccccc1)c1ncnc(Cl)c1[N+](=O)[O-]. The normalized spacial score (nSPS) is 10.3. The van der Waals surface area contributed by atoms with Gasteiger partial charge in [0.15, 0.2) is 0 Å². The molecule has 0 unspecified atom stereocenters. The van der Waals surface area contributed by atoms with Gasteiger partial charge in [0.05, 0.1) is 4.92 Å². The molecule has 0 bridgehead atoms. The third-order valence-corrected chi connectivity index (χ3v) is 3.16. The van der Waals surface area contributed by atoms with Gasteiger partial charge in [-0.2, -0.15) is 0 Å². The zero-order valence-corrected chi connectivity index (χ0v) is 11.6. The van der Waals surface area contributed by atoms with Crippen LogP contribution in [0.15, 0.2) is 36.7 Å². The maximum Gasteiger partial charge on any atom is 0.348 e. The van der Waals surface area contributed by atoms with Gasteiger partial charge in [-0.15, -0.1) is 0 Å². The smallest absolute Gasteiger partial charge is 0.348 e. The van der Waals surface area contributed by atoms with E-state index in [0.29, 0.717) is 6.54 Å². The molecule has 0 aliphatic carbocycles. The van der Waals surface area contributed by atoms with Crippen LogP contribution in [0, 0.1) is 10.1 Å². The summed E-state index contributed by atoms with van der Waals surface area (Å²) in [4.78, 5) is 19.8. The molecule has 104 valence electrons. The van der Waals surface area contributed by atoms with E-state index in [9.17, 15) is 10.1 Å². The minimum Gasteiger partial charge on any atom is -0.353 e. The molecular formula is C13H13ClN4O2. The van der Waals surface area contributed by atoms with Crippen molar-refractivity contribution in [2.75, 3.05) is 18.5 Å². The van der Waals surface area contributed by atoms with Crippen LogP contribution in [0.3, 0.4) is 0 Å². The van der Waals surface area contributed by atoms with Crippen LogP contribution in [0.5, 0.6) is 0 Å². The number of aromatic nitrogens is 2. The quantitative estimate of drug-likeness (QED) is 0.481. The van der Waals surface area contributed by atoms with Crippen LogP contribution in [-0.4, -0.2) is 28.5 Å². The minimum atomic E-state index is -0.559. The van der Waals surface area contributed by atoms with Gasteiger partial charge in [0, 0.05) is 13.6 Å². The predicted octanol–water partition coefficient (Wildman–Crippen LogP) is 2.72. The van der Waals surface area contributed by atoms with Crippen LogP contribution in [0.4, 0.5) is 11.5 Å².